The Morgan fingerprint density at radius 2 is 1.91 bits per heavy atom. The number of carbonyl (C=O) groups is 1. The smallest absolute Gasteiger partial charge is 0.270 e. The number of hydrogen-bond acceptors (Lipinski definition) is 3. The van der Waals surface area contributed by atoms with Crippen molar-refractivity contribution < 1.29 is 9.72 Å². The molecule has 0 spiro atoms. The Bertz CT molecular complexity index is 696. The largest absolute Gasteiger partial charge is 0.346 e. The van der Waals surface area contributed by atoms with Crippen LogP contribution in [0, 0.1) is 10.1 Å². The van der Waals surface area contributed by atoms with Gasteiger partial charge in [-0.1, -0.05) is 42.5 Å². The molecule has 22 heavy (non-hydrogen) atoms. The number of carbonyl (C=O) groups excluding carboxylic acids is 1. The van der Waals surface area contributed by atoms with Crippen LogP contribution in [0.2, 0.25) is 0 Å². The van der Waals surface area contributed by atoms with E-state index in [2.05, 4.69) is 5.32 Å². The van der Waals surface area contributed by atoms with Crippen LogP contribution in [0.3, 0.4) is 0 Å². The average Bonchev–Trinajstić information content (AvgIpc) is 2.54. The molecule has 2 aromatic rings. The summed E-state index contributed by atoms with van der Waals surface area (Å²) >= 11 is 0. The van der Waals surface area contributed by atoms with Gasteiger partial charge in [0.25, 0.3) is 5.69 Å². The van der Waals surface area contributed by atoms with Crippen molar-refractivity contribution in [2.24, 2.45) is 0 Å². The molecule has 0 aromatic heterocycles. The molecule has 0 saturated heterocycles. The van der Waals surface area contributed by atoms with E-state index in [9.17, 15) is 14.9 Å². The van der Waals surface area contributed by atoms with Gasteiger partial charge in [-0.05, 0) is 24.1 Å². The fourth-order valence-electron chi connectivity index (χ4n) is 2.00. The fourth-order valence-corrected chi connectivity index (χ4v) is 2.00. The molecular weight excluding hydrogens is 280 g/mol. The number of non-ortho nitro benzene ring substituents is 1. The zero-order chi connectivity index (χ0) is 15.9. The molecule has 1 amide bonds. The van der Waals surface area contributed by atoms with Gasteiger partial charge in [0.05, 0.1) is 11.0 Å². The molecule has 2 rings (SSSR count). The highest BCUT2D eigenvalue weighted by molar-refractivity contribution is 5.92. The lowest BCUT2D eigenvalue weighted by Crippen LogP contribution is -2.24. The van der Waals surface area contributed by atoms with Gasteiger partial charge in [-0.3, -0.25) is 14.9 Å². The second kappa shape index (κ2) is 7.17. The van der Waals surface area contributed by atoms with Gasteiger partial charge in [-0.25, -0.2) is 0 Å². The first kappa shape index (κ1) is 15.4. The predicted octanol–water partition coefficient (Wildman–Crippen LogP) is 3.49. The Morgan fingerprint density at radius 1 is 1.18 bits per heavy atom. The van der Waals surface area contributed by atoms with Crippen LogP contribution in [0.5, 0.6) is 0 Å². The number of rotatable bonds is 5. The highest BCUT2D eigenvalue weighted by Crippen LogP contribution is 2.14. The van der Waals surface area contributed by atoms with E-state index in [1.807, 2.05) is 37.3 Å². The Balaban J connectivity index is 2.00. The van der Waals surface area contributed by atoms with Crippen molar-refractivity contribution in [3.63, 3.8) is 0 Å². The third-order valence-electron chi connectivity index (χ3n) is 3.17. The molecule has 0 heterocycles. The summed E-state index contributed by atoms with van der Waals surface area (Å²) in [5.74, 6) is -0.247. The minimum absolute atomic E-state index is 0.000196. The molecule has 5 nitrogen and oxygen atoms in total. The molecule has 0 aliphatic heterocycles. The van der Waals surface area contributed by atoms with Crippen molar-refractivity contribution in [3.8, 4) is 0 Å². The number of nitro groups is 1. The number of nitrogens with zero attached hydrogens (tertiary/aromatic N) is 1. The minimum Gasteiger partial charge on any atom is -0.346 e. The summed E-state index contributed by atoms with van der Waals surface area (Å²) in [5, 5.41) is 13.5. The molecule has 5 heteroatoms. The van der Waals surface area contributed by atoms with Crippen molar-refractivity contribution in [2.45, 2.75) is 13.0 Å². The molecule has 1 atom stereocenters. The quantitative estimate of drug-likeness (QED) is 0.521. The molecule has 0 aliphatic rings. The first-order valence-corrected chi connectivity index (χ1v) is 6.84. The van der Waals surface area contributed by atoms with Crippen LogP contribution < -0.4 is 5.32 Å². The number of nitrogens with one attached hydrogen (secondary N) is 1. The Hall–Kier alpha value is -2.95. The second-order valence-corrected chi connectivity index (χ2v) is 4.83. The van der Waals surface area contributed by atoms with Gasteiger partial charge < -0.3 is 5.32 Å². The van der Waals surface area contributed by atoms with E-state index in [-0.39, 0.29) is 17.6 Å². The third kappa shape index (κ3) is 4.28. The Labute approximate surface area is 128 Å². The van der Waals surface area contributed by atoms with Crippen molar-refractivity contribution in [1.82, 2.24) is 5.32 Å². The van der Waals surface area contributed by atoms with E-state index in [1.54, 1.807) is 18.2 Å². The zero-order valence-corrected chi connectivity index (χ0v) is 12.1. The van der Waals surface area contributed by atoms with Crippen LogP contribution in [0.25, 0.3) is 6.08 Å². The number of benzene rings is 2. The van der Waals surface area contributed by atoms with Gasteiger partial charge in [-0.2, -0.15) is 0 Å². The first-order valence-electron chi connectivity index (χ1n) is 6.84. The normalized spacial score (nSPS) is 12.0. The molecule has 0 bridgehead atoms. The van der Waals surface area contributed by atoms with Crippen LogP contribution in [0.1, 0.15) is 24.1 Å². The van der Waals surface area contributed by atoms with E-state index in [0.717, 1.165) is 5.56 Å². The predicted molar refractivity (Wildman–Crippen MR) is 85.1 cm³/mol. The van der Waals surface area contributed by atoms with Gasteiger partial charge in [0.2, 0.25) is 5.91 Å². The maximum Gasteiger partial charge on any atom is 0.270 e. The highest BCUT2D eigenvalue weighted by atomic mass is 16.6. The SMILES string of the molecule is CC(NC(=O)C=Cc1cccc([N+](=O)[O-])c1)c1ccccc1. The van der Waals surface area contributed by atoms with Gasteiger partial charge in [0.15, 0.2) is 0 Å². The number of nitro benzene ring substituents is 1. The first-order chi connectivity index (χ1) is 10.6. The minimum atomic E-state index is -0.463. The van der Waals surface area contributed by atoms with Gasteiger partial charge >= 0.3 is 0 Å². The number of hydrogen-bond donors (Lipinski definition) is 1. The Morgan fingerprint density at radius 3 is 2.59 bits per heavy atom. The molecule has 0 radical (unpaired) electrons. The molecule has 0 aliphatic carbocycles. The summed E-state index contributed by atoms with van der Waals surface area (Å²) in [6.07, 6.45) is 2.93. The maximum atomic E-state index is 11.9. The summed E-state index contributed by atoms with van der Waals surface area (Å²) in [6.45, 7) is 1.90. The van der Waals surface area contributed by atoms with Crippen molar-refractivity contribution in [3.05, 3.63) is 81.9 Å². The van der Waals surface area contributed by atoms with Crippen LogP contribution in [-0.2, 0) is 4.79 Å². The van der Waals surface area contributed by atoms with Gasteiger partial charge in [-0.15, -0.1) is 0 Å². The second-order valence-electron chi connectivity index (χ2n) is 4.83. The summed E-state index contributed by atoms with van der Waals surface area (Å²) < 4.78 is 0. The molecule has 1 N–H and O–H groups in total. The molecule has 112 valence electrons. The lowest BCUT2D eigenvalue weighted by molar-refractivity contribution is -0.384. The average molecular weight is 296 g/mol. The van der Waals surface area contributed by atoms with E-state index in [4.69, 9.17) is 0 Å². The van der Waals surface area contributed by atoms with E-state index < -0.39 is 4.92 Å². The maximum absolute atomic E-state index is 11.9. The van der Waals surface area contributed by atoms with Crippen LogP contribution in [0.15, 0.2) is 60.7 Å². The summed E-state index contributed by atoms with van der Waals surface area (Å²) in [5.41, 5.74) is 1.62. The lowest BCUT2D eigenvalue weighted by Gasteiger charge is -2.12. The van der Waals surface area contributed by atoms with Crippen LogP contribution >= 0.6 is 0 Å². The lowest BCUT2D eigenvalue weighted by atomic mass is 10.1. The van der Waals surface area contributed by atoms with Crippen molar-refractivity contribution in [1.29, 1.82) is 0 Å². The molecule has 0 saturated carbocycles. The van der Waals surface area contributed by atoms with Crippen LogP contribution in [0.4, 0.5) is 5.69 Å². The standard InChI is InChI=1S/C17H16N2O3/c1-13(15-7-3-2-4-8-15)18-17(20)11-10-14-6-5-9-16(12-14)19(21)22/h2-13H,1H3,(H,18,20). The van der Waals surface area contributed by atoms with Gasteiger partial charge in [0, 0.05) is 18.2 Å². The zero-order valence-electron chi connectivity index (χ0n) is 12.1. The molecular formula is C17H16N2O3. The van der Waals surface area contributed by atoms with Crippen molar-refractivity contribution >= 4 is 17.7 Å². The van der Waals surface area contributed by atoms with E-state index in [1.165, 1.54) is 18.2 Å². The molecule has 2 aromatic carbocycles. The monoisotopic (exact) mass is 296 g/mol. The van der Waals surface area contributed by atoms with Crippen molar-refractivity contribution in [2.75, 3.05) is 0 Å². The third-order valence-corrected chi connectivity index (χ3v) is 3.17. The summed E-state index contributed by atoms with van der Waals surface area (Å²) in [6, 6.07) is 15.6. The van der Waals surface area contributed by atoms with E-state index in [0.29, 0.717) is 5.56 Å². The van der Waals surface area contributed by atoms with Gasteiger partial charge in [0.1, 0.15) is 0 Å². The molecule has 1 unspecified atom stereocenters. The highest BCUT2D eigenvalue weighted by Gasteiger charge is 2.07. The topological polar surface area (TPSA) is 72.2 Å². The van der Waals surface area contributed by atoms with Crippen LogP contribution in [-0.4, -0.2) is 10.8 Å². The number of amides is 1. The summed E-state index contributed by atoms with van der Waals surface area (Å²) in [7, 11) is 0. The summed E-state index contributed by atoms with van der Waals surface area (Å²) in [4.78, 5) is 22.1. The molecule has 0 fully saturated rings. The van der Waals surface area contributed by atoms with E-state index >= 15 is 0 Å². The Kier molecular flexibility index (Phi) is 5.03. The fraction of sp³-hybridized carbons (Fsp3) is 0.118.